The highest BCUT2D eigenvalue weighted by atomic mass is 16.5. The number of ketones is 1. The van der Waals surface area contributed by atoms with Crippen molar-refractivity contribution in [3.05, 3.63) is 71.8 Å². The van der Waals surface area contributed by atoms with Gasteiger partial charge in [-0.25, -0.2) is 4.79 Å². The Morgan fingerprint density at radius 3 is 2.20 bits per heavy atom. The van der Waals surface area contributed by atoms with Crippen molar-refractivity contribution in [1.82, 2.24) is 4.90 Å². The number of nitrogens with zero attached hydrogens (tertiary/aromatic N) is 1. The maximum atomic E-state index is 15.0. The van der Waals surface area contributed by atoms with Crippen LogP contribution < -0.4 is 19.5 Å². The largest absolute Gasteiger partial charge is 0.497 e. The molecule has 8 atom stereocenters. The lowest BCUT2D eigenvalue weighted by Gasteiger charge is -2.71. The van der Waals surface area contributed by atoms with E-state index in [1.807, 2.05) is 42.5 Å². The first-order valence-corrected chi connectivity index (χ1v) is 20.6. The van der Waals surface area contributed by atoms with E-state index in [2.05, 4.69) is 37.4 Å². The highest BCUT2D eigenvalue weighted by molar-refractivity contribution is 6.00. The molecule has 7 aliphatic rings. The molecule has 2 aromatic rings. The Bertz CT molecular complexity index is 1870. The SMILES string of the molecule is COc1ccc(NC(=O)N(Cc2ccc(OC)cc2OC)CC2(O)CCC3C45C=CC6(C=C4C(=O)C4CCCCC4)CC(O)CCC6(C)C5CCC32C)cc1. The van der Waals surface area contributed by atoms with E-state index in [-0.39, 0.29) is 53.8 Å². The Labute approximate surface area is 326 Å². The van der Waals surface area contributed by atoms with E-state index < -0.39 is 16.4 Å². The number of aliphatic hydroxyl groups is 2. The lowest BCUT2D eigenvalue weighted by molar-refractivity contribution is -0.178. The summed E-state index contributed by atoms with van der Waals surface area (Å²) in [6, 6.07) is 12.5. The normalized spacial score (nSPS) is 36.2. The van der Waals surface area contributed by atoms with Crippen molar-refractivity contribution >= 4 is 17.5 Å². The molecule has 4 fully saturated rings. The van der Waals surface area contributed by atoms with Gasteiger partial charge in [0.25, 0.3) is 0 Å². The van der Waals surface area contributed by atoms with Crippen LogP contribution in [0.15, 0.2) is 66.3 Å². The highest BCUT2D eigenvalue weighted by Crippen LogP contribution is 2.78. The monoisotopic (exact) mass is 752 g/mol. The van der Waals surface area contributed by atoms with Crippen molar-refractivity contribution in [3.63, 3.8) is 0 Å². The average Bonchev–Trinajstić information content (AvgIpc) is 3.47. The fourth-order valence-corrected chi connectivity index (χ4v) is 12.8. The molecule has 3 N–H and O–H groups in total. The van der Waals surface area contributed by atoms with E-state index in [1.54, 1.807) is 26.2 Å². The average molecular weight is 753 g/mol. The first kappa shape index (κ1) is 38.1. The molecule has 2 amide bonds. The zero-order chi connectivity index (χ0) is 38.8. The first-order chi connectivity index (χ1) is 26.3. The highest BCUT2D eigenvalue weighted by Gasteiger charge is 2.74. The second-order valence-electron chi connectivity index (χ2n) is 18.2. The van der Waals surface area contributed by atoms with Crippen LogP contribution in [0.2, 0.25) is 0 Å². The van der Waals surface area contributed by atoms with Gasteiger partial charge in [-0.3, -0.25) is 4.79 Å². The molecule has 8 unspecified atom stereocenters. The number of Topliss-reactive ketones (excluding diaryl/α,β-unsaturated/α-hetero) is 1. The minimum atomic E-state index is -1.23. The minimum Gasteiger partial charge on any atom is -0.497 e. The molecule has 296 valence electrons. The summed E-state index contributed by atoms with van der Waals surface area (Å²) in [5, 5.41) is 27.4. The molecule has 0 aromatic heterocycles. The van der Waals surface area contributed by atoms with E-state index in [0.717, 1.165) is 68.9 Å². The van der Waals surface area contributed by atoms with Crippen LogP contribution in [0.25, 0.3) is 0 Å². The molecule has 9 heteroatoms. The smallest absolute Gasteiger partial charge is 0.322 e. The summed E-state index contributed by atoms with van der Waals surface area (Å²) in [5.41, 5.74) is -0.341. The molecular formula is C46H60N2O7. The quantitative estimate of drug-likeness (QED) is 0.209. The van der Waals surface area contributed by atoms with Gasteiger partial charge >= 0.3 is 6.03 Å². The summed E-state index contributed by atoms with van der Waals surface area (Å²) in [5.74, 6) is 2.54. The van der Waals surface area contributed by atoms with Crippen LogP contribution in [-0.4, -0.2) is 66.5 Å². The lowest BCUT2D eigenvalue weighted by Crippen LogP contribution is -2.67. The van der Waals surface area contributed by atoms with Crippen molar-refractivity contribution in [2.24, 2.45) is 39.4 Å². The molecule has 9 nitrogen and oxygen atoms in total. The molecule has 0 heterocycles. The second-order valence-corrected chi connectivity index (χ2v) is 18.2. The van der Waals surface area contributed by atoms with Crippen LogP contribution >= 0.6 is 0 Å². The number of amides is 2. The molecular weight excluding hydrogens is 693 g/mol. The van der Waals surface area contributed by atoms with Crippen LogP contribution in [0, 0.1) is 39.4 Å². The van der Waals surface area contributed by atoms with Crippen LogP contribution in [0.1, 0.15) is 96.5 Å². The van der Waals surface area contributed by atoms with Gasteiger partial charge < -0.3 is 34.6 Å². The van der Waals surface area contributed by atoms with Crippen LogP contribution in [0.3, 0.4) is 0 Å². The fraction of sp³-hybridized carbons (Fsp3) is 0.609. The zero-order valence-electron chi connectivity index (χ0n) is 33.4. The van der Waals surface area contributed by atoms with Gasteiger partial charge in [-0.05, 0) is 111 Å². The third kappa shape index (κ3) is 5.84. The summed E-state index contributed by atoms with van der Waals surface area (Å²) in [6.07, 6.45) is 17.3. The number of methoxy groups -OCH3 is 3. The van der Waals surface area contributed by atoms with Gasteiger partial charge in [-0.15, -0.1) is 0 Å². The van der Waals surface area contributed by atoms with Crippen molar-refractivity contribution in [3.8, 4) is 17.2 Å². The van der Waals surface area contributed by atoms with Crippen molar-refractivity contribution in [1.29, 1.82) is 0 Å². The number of fused-ring (bicyclic) bond motifs is 1. The number of rotatable bonds is 10. The van der Waals surface area contributed by atoms with Crippen LogP contribution in [0.5, 0.6) is 17.2 Å². The predicted octanol–water partition coefficient (Wildman–Crippen LogP) is 8.49. The number of hydrogen-bond donors (Lipinski definition) is 3. The van der Waals surface area contributed by atoms with Crippen LogP contribution in [-0.2, 0) is 11.3 Å². The van der Waals surface area contributed by atoms with Crippen molar-refractivity contribution < 1.29 is 34.0 Å². The van der Waals surface area contributed by atoms with Gasteiger partial charge in [0.2, 0.25) is 0 Å². The Kier molecular flexibility index (Phi) is 9.68. The summed E-state index contributed by atoms with van der Waals surface area (Å²) < 4.78 is 16.6. The number of ether oxygens (including phenoxy) is 3. The topological polar surface area (TPSA) is 118 Å². The van der Waals surface area contributed by atoms with Gasteiger partial charge in [-0.1, -0.05) is 51.3 Å². The lowest BCUT2D eigenvalue weighted by atomic mass is 9.32. The molecule has 4 saturated carbocycles. The van der Waals surface area contributed by atoms with Crippen molar-refractivity contribution in [2.45, 2.75) is 109 Å². The van der Waals surface area contributed by atoms with Gasteiger partial charge in [0.05, 0.1) is 46.1 Å². The predicted molar refractivity (Wildman–Crippen MR) is 212 cm³/mol. The Morgan fingerprint density at radius 1 is 0.818 bits per heavy atom. The number of hydrogen-bond acceptors (Lipinski definition) is 7. The number of carbonyl (C=O) groups is 2. The number of allylic oxidation sites excluding steroid dienone is 4. The third-order valence-electron chi connectivity index (χ3n) is 15.9. The number of anilines is 1. The van der Waals surface area contributed by atoms with Gasteiger partial charge in [0.1, 0.15) is 17.2 Å². The van der Waals surface area contributed by atoms with Crippen LogP contribution in [0.4, 0.5) is 10.5 Å². The van der Waals surface area contributed by atoms with E-state index in [4.69, 9.17) is 14.2 Å². The van der Waals surface area contributed by atoms with Gasteiger partial charge in [0.15, 0.2) is 5.78 Å². The molecule has 2 spiro atoms. The Morgan fingerprint density at radius 2 is 1.49 bits per heavy atom. The molecule has 2 bridgehead atoms. The summed E-state index contributed by atoms with van der Waals surface area (Å²) in [4.78, 5) is 31.1. The maximum absolute atomic E-state index is 15.0. The number of benzene rings is 2. The summed E-state index contributed by atoms with van der Waals surface area (Å²) in [7, 11) is 4.83. The molecule has 9 rings (SSSR count). The second kappa shape index (κ2) is 14.0. The number of urea groups is 1. The summed E-state index contributed by atoms with van der Waals surface area (Å²) in [6.45, 7) is 4.99. The minimum absolute atomic E-state index is 0.0165. The van der Waals surface area contributed by atoms with Gasteiger partial charge in [0, 0.05) is 45.1 Å². The van der Waals surface area contributed by atoms with Gasteiger partial charge in [-0.2, -0.15) is 0 Å². The fourth-order valence-electron chi connectivity index (χ4n) is 12.8. The first-order valence-electron chi connectivity index (χ1n) is 20.6. The maximum Gasteiger partial charge on any atom is 0.322 e. The Balaban J connectivity index is 1.17. The van der Waals surface area contributed by atoms with Crippen molar-refractivity contribution in [2.75, 3.05) is 33.2 Å². The molecule has 0 aliphatic heterocycles. The van der Waals surface area contributed by atoms with E-state index in [9.17, 15) is 19.8 Å². The molecule has 55 heavy (non-hydrogen) atoms. The summed E-state index contributed by atoms with van der Waals surface area (Å²) >= 11 is 0. The number of aliphatic hydroxyl groups excluding tert-OH is 1. The Hall–Kier alpha value is -3.82. The molecule has 0 radical (unpaired) electrons. The molecule has 7 aliphatic carbocycles. The van der Waals surface area contributed by atoms with E-state index in [1.165, 1.54) is 6.42 Å². The number of carbonyl (C=O) groups excluding carboxylic acids is 2. The third-order valence-corrected chi connectivity index (χ3v) is 15.9. The standard InChI is InChI=1S/C46H60N2O7/c1-42-20-17-33(49)26-44(42)23-24-46(36(27-44)40(50)30-9-7-6-8-10-30)38(42)18-21-43(2)39(46)19-22-45(43,52)29-48(28-31-11-14-35(54-4)25-37(31)55-5)41(51)47-32-12-15-34(53-3)16-13-32/h11-16,23-25,27,30,33,38-39,49,52H,6-10,17-22,26,28-29H2,1-5H3,(H,47,51). The number of nitrogens with one attached hydrogen (secondary N) is 1. The molecule has 0 saturated heterocycles. The zero-order valence-corrected chi connectivity index (χ0v) is 33.4. The van der Waals surface area contributed by atoms with E-state index in [0.29, 0.717) is 41.6 Å². The van der Waals surface area contributed by atoms with E-state index >= 15 is 0 Å². The molecule has 2 aromatic carbocycles.